The third-order valence-electron chi connectivity index (χ3n) is 8.50. The molecule has 0 aromatic heterocycles. The number of rotatable bonds is 17. The molecule has 1 aliphatic heterocycles. The third-order valence-corrected chi connectivity index (χ3v) is 8.50. The maximum Gasteiger partial charge on any atom is 0.187 e. The molecule has 1 N–H and O–H groups in total. The Bertz CT molecular complexity index is 1610. The van der Waals surface area contributed by atoms with E-state index in [4.69, 9.17) is 28.4 Å². The number of hydrogen-bond donors (Lipinski definition) is 1. The van der Waals surface area contributed by atoms with Gasteiger partial charge in [-0.15, -0.1) is 0 Å². The SMILES string of the molecule is OC[C@H](OCc1ccccc1)[C@H]1O[C@H](OCc2ccccc2)[C@@H](OCc2ccccc2)[C@@H](OCc2ccccc2)[C@@H]1OCc1ccccc1. The van der Waals surface area contributed by atoms with Crippen LogP contribution in [0, 0.1) is 0 Å². The van der Waals surface area contributed by atoms with Crippen molar-refractivity contribution in [2.24, 2.45) is 0 Å². The molecule has 1 fully saturated rings. The second-order valence-corrected chi connectivity index (χ2v) is 12.1. The molecule has 1 saturated heterocycles. The lowest BCUT2D eigenvalue weighted by molar-refractivity contribution is -0.340. The summed E-state index contributed by atoms with van der Waals surface area (Å²) in [4.78, 5) is 0. The average Bonchev–Trinajstić information content (AvgIpc) is 3.17. The molecule has 254 valence electrons. The second-order valence-electron chi connectivity index (χ2n) is 12.1. The molecule has 5 aromatic rings. The van der Waals surface area contributed by atoms with Crippen LogP contribution in [-0.2, 0) is 61.5 Å². The van der Waals surface area contributed by atoms with E-state index in [9.17, 15) is 5.11 Å². The smallest absolute Gasteiger partial charge is 0.187 e. The number of ether oxygens (including phenoxy) is 6. The Labute approximate surface area is 289 Å². The molecule has 6 atom stereocenters. The van der Waals surface area contributed by atoms with Gasteiger partial charge in [0.05, 0.1) is 39.6 Å². The highest BCUT2D eigenvalue weighted by Gasteiger charge is 2.51. The van der Waals surface area contributed by atoms with Crippen molar-refractivity contribution in [3.8, 4) is 0 Å². The Morgan fingerprint density at radius 3 is 1.18 bits per heavy atom. The van der Waals surface area contributed by atoms with Gasteiger partial charge in [0.25, 0.3) is 0 Å². The van der Waals surface area contributed by atoms with Crippen LogP contribution in [0.4, 0.5) is 0 Å². The minimum atomic E-state index is -0.861. The van der Waals surface area contributed by atoms with Gasteiger partial charge in [-0.05, 0) is 27.8 Å². The van der Waals surface area contributed by atoms with Crippen LogP contribution < -0.4 is 0 Å². The van der Waals surface area contributed by atoms with E-state index in [2.05, 4.69) is 0 Å². The highest BCUT2D eigenvalue weighted by atomic mass is 16.7. The van der Waals surface area contributed by atoms with Gasteiger partial charge >= 0.3 is 0 Å². The standard InChI is InChI=1S/C42H44O7/c43-26-37(44-27-32-16-6-1-7-17-32)38-39(45-28-33-18-8-2-9-19-33)40(46-29-34-20-10-3-11-21-34)41(47-30-35-22-12-4-13-23-35)42(49-38)48-31-36-24-14-5-15-25-36/h1-25,37-43H,26-31H2/t37-,38+,39+,40-,41-,42-/m0/s1. The number of hydrogen-bond acceptors (Lipinski definition) is 7. The molecular weight excluding hydrogens is 616 g/mol. The highest BCUT2D eigenvalue weighted by molar-refractivity contribution is 5.17. The van der Waals surface area contributed by atoms with Crippen LogP contribution in [0.1, 0.15) is 27.8 Å². The zero-order valence-corrected chi connectivity index (χ0v) is 27.5. The van der Waals surface area contributed by atoms with E-state index < -0.39 is 36.8 Å². The van der Waals surface area contributed by atoms with E-state index in [0.717, 1.165) is 27.8 Å². The molecule has 7 heteroatoms. The highest BCUT2D eigenvalue weighted by Crippen LogP contribution is 2.34. The van der Waals surface area contributed by atoms with Crippen molar-refractivity contribution in [1.82, 2.24) is 0 Å². The lowest BCUT2D eigenvalue weighted by Gasteiger charge is -2.47. The van der Waals surface area contributed by atoms with Gasteiger partial charge < -0.3 is 33.5 Å². The molecule has 1 aliphatic rings. The van der Waals surface area contributed by atoms with Crippen LogP contribution in [0.5, 0.6) is 0 Å². The van der Waals surface area contributed by atoms with Gasteiger partial charge in [-0.2, -0.15) is 0 Å². The van der Waals surface area contributed by atoms with Crippen LogP contribution in [0.3, 0.4) is 0 Å². The lowest BCUT2D eigenvalue weighted by atomic mass is 9.94. The van der Waals surface area contributed by atoms with E-state index in [-0.39, 0.29) is 13.2 Å². The first-order valence-corrected chi connectivity index (χ1v) is 16.8. The first kappa shape index (κ1) is 34.7. The van der Waals surface area contributed by atoms with Crippen LogP contribution in [0.15, 0.2) is 152 Å². The second kappa shape index (κ2) is 18.5. The molecule has 1 heterocycles. The van der Waals surface area contributed by atoms with Crippen molar-refractivity contribution in [2.45, 2.75) is 69.8 Å². The van der Waals surface area contributed by atoms with Crippen LogP contribution >= 0.6 is 0 Å². The first-order valence-electron chi connectivity index (χ1n) is 16.8. The fourth-order valence-corrected chi connectivity index (χ4v) is 5.91. The van der Waals surface area contributed by atoms with Crippen molar-refractivity contribution in [1.29, 1.82) is 0 Å². The van der Waals surface area contributed by atoms with Crippen molar-refractivity contribution < 1.29 is 33.5 Å². The largest absolute Gasteiger partial charge is 0.394 e. The fourth-order valence-electron chi connectivity index (χ4n) is 5.91. The molecule has 0 amide bonds. The summed E-state index contributed by atoms with van der Waals surface area (Å²) < 4.78 is 39.9. The minimum absolute atomic E-state index is 0.288. The fraction of sp³-hybridized carbons (Fsp3) is 0.286. The van der Waals surface area contributed by atoms with Gasteiger partial charge in [0.1, 0.15) is 30.5 Å². The summed E-state index contributed by atoms with van der Waals surface area (Å²) in [5.41, 5.74) is 4.99. The van der Waals surface area contributed by atoms with Gasteiger partial charge in [0.15, 0.2) is 6.29 Å². The van der Waals surface area contributed by atoms with Gasteiger partial charge in [-0.1, -0.05) is 152 Å². The maximum atomic E-state index is 10.8. The number of aliphatic hydroxyl groups is 1. The van der Waals surface area contributed by atoms with E-state index in [0.29, 0.717) is 26.4 Å². The Kier molecular flexibility index (Phi) is 13.1. The molecule has 7 nitrogen and oxygen atoms in total. The third kappa shape index (κ3) is 10.2. The van der Waals surface area contributed by atoms with E-state index in [1.807, 2.05) is 152 Å². The molecule has 49 heavy (non-hydrogen) atoms. The maximum absolute atomic E-state index is 10.8. The van der Waals surface area contributed by atoms with Gasteiger partial charge in [0, 0.05) is 0 Å². The van der Waals surface area contributed by atoms with Crippen LogP contribution in [-0.4, -0.2) is 48.5 Å². The Morgan fingerprint density at radius 1 is 0.429 bits per heavy atom. The van der Waals surface area contributed by atoms with Crippen LogP contribution in [0.25, 0.3) is 0 Å². The summed E-state index contributed by atoms with van der Waals surface area (Å²) in [5.74, 6) is 0. The predicted octanol–water partition coefficient (Wildman–Crippen LogP) is 7.26. The van der Waals surface area contributed by atoms with Crippen molar-refractivity contribution >= 4 is 0 Å². The molecule has 0 spiro atoms. The number of aliphatic hydroxyl groups excluding tert-OH is 1. The quantitative estimate of drug-likeness (QED) is 0.113. The lowest BCUT2D eigenvalue weighted by Crippen LogP contribution is -2.64. The summed E-state index contributed by atoms with van der Waals surface area (Å²) in [5, 5.41) is 10.8. The zero-order valence-electron chi connectivity index (χ0n) is 27.5. The van der Waals surface area contributed by atoms with Crippen molar-refractivity contribution in [3.05, 3.63) is 179 Å². The van der Waals surface area contributed by atoms with Gasteiger partial charge in [-0.25, -0.2) is 0 Å². The molecule has 0 unspecified atom stereocenters. The molecule has 5 aromatic carbocycles. The number of benzene rings is 5. The summed E-state index contributed by atoms with van der Waals surface area (Å²) in [6.45, 7) is 1.21. The van der Waals surface area contributed by atoms with E-state index in [1.165, 1.54) is 0 Å². The van der Waals surface area contributed by atoms with E-state index >= 15 is 0 Å². The Hall–Kier alpha value is -4.18. The van der Waals surface area contributed by atoms with E-state index in [1.54, 1.807) is 0 Å². The topological polar surface area (TPSA) is 75.6 Å². The Balaban J connectivity index is 1.34. The molecule has 0 radical (unpaired) electrons. The normalized spacial score (nSPS) is 21.3. The summed E-state index contributed by atoms with van der Waals surface area (Å²) in [6, 6.07) is 49.8. The average molecular weight is 661 g/mol. The predicted molar refractivity (Wildman–Crippen MR) is 187 cm³/mol. The van der Waals surface area contributed by atoms with Gasteiger partial charge in [0.2, 0.25) is 0 Å². The summed E-state index contributed by atoms with van der Waals surface area (Å²) >= 11 is 0. The summed E-state index contributed by atoms with van der Waals surface area (Å²) in [6.07, 6.45) is -4.38. The van der Waals surface area contributed by atoms with Crippen molar-refractivity contribution in [2.75, 3.05) is 6.61 Å². The molecular formula is C42H44O7. The first-order chi connectivity index (χ1) is 24.3. The van der Waals surface area contributed by atoms with Crippen LogP contribution in [0.2, 0.25) is 0 Å². The molecule has 0 aliphatic carbocycles. The zero-order chi connectivity index (χ0) is 33.5. The van der Waals surface area contributed by atoms with Crippen molar-refractivity contribution in [3.63, 3.8) is 0 Å². The minimum Gasteiger partial charge on any atom is -0.394 e. The monoisotopic (exact) mass is 660 g/mol. The summed E-state index contributed by atoms with van der Waals surface area (Å²) in [7, 11) is 0. The molecule has 0 bridgehead atoms. The van der Waals surface area contributed by atoms with Gasteiger partial charge in [-0.3, -0.25) is 0 Å². The Morgan fingerprint density at radius 2 is 0.776 bits per heavy atom. The molecule has 6 rings (SSSR count). The molecule has 0 saturated carbocycles.